The summed E-state index contributed by atoms with van der Waals surface area (Å²) in [4.78, 5) is 11.9. The molecule has 2 saturated heterocycles. The Hall–Kier alpha value is -2.56. The van der Waals surface area contributed by atoms with Crippen LogP contribution in [0.25, 0.3) is 0 Å². The van der Waals surface area contributed by atoms with E-state index in [4.69, 9.17) is 0 Å². The fourth-order valence-corrected chi connectivity index (χ4v) is 3.76. The third kappa shape index (κ3) is 3.83. The van der Waals surface area contributed by atoms with Crippen molar-refractivity contribution in [2.45, 2.75) is 31.1 Å². The van der Waals surface area contributed by atoms with Crippen molar-refractivity contribution in [3.63, 3.8) is 0 Å². The molecule has 4 heterocycles. The van der Waals surface area contributed by atoms with E-state index < -0.39 is 18.3 Å². The Labute approximate surface area is 165 Å². The van der Waals surface area contributed by atoms with Gasteiger partial charge in [-0.3, -0.25) is 5.10 Å². The van der Waals surface area contributed by atoms with E-state index in [9.17, 15) is 8.78 Å². The van der Waals surface area contributed by atoms with Crippen LogP contribution in [0.15, 0.2) is 6.07 Å². The first-order chi connectivity index (χ1) is 14.0. The summed E-state index contributed by atoms with van der Waals surface area (Å²) in [5.41, 5.74) is 1.00. The molecule has 5 rings (SSSR count). The lowest BCUT2D eigenvalue weighted by atomic mass is 10.3. The molecule has 0 atom stereocenters. The van der Waals surface area contributed by atoms with Gasteiger partial charge in [-0.05, 0) is 12.8 Å². The van der Waals surface area contributed by atoms with Gasteiger partial charge in [0.2, 0.25) is 11.8 Å². The summed E-state index contributed by atoms with van der Waals surface area (Å²) in [5.74, 6) is -2.46. The molecule has 156 valence electrons. The first-order valence-electron chi connectivity index (χ1n) is 9.97. The van der Waals surface area contributed by atoms with Crippen LogP contribution >= 0.6 is 0 Å². The van der Waals surface area contributed by atoms with Crippen molar-refractivity contribution in [1.82, 2.24) is 25.5 Å². The van der Waals surface area contributed by atoms with E-state index in [0.717, 1.165) is 31.6 Å². The molecule has 0 unspecified atom stereocenters. The smallest absolute Gasteiger partial charge is 0.266 e. The van der Waals surface area contributed by atoms with Gasteiger partial charge < -0.3 is 20.4 Å². The molecule has 0 spiro atoms. The van der Waals surface area contributed by atoms with Gasteiger partial charge in [-0.25, -0.2) is 8.78 Å². The van der Waals surface area contributed by atoms with Gasteiger partial charge in [0.1, 0.15) is 0 Å². The molecule has 2 aromatic heterocycles. The average Bonchev–Trinajstić information content (AvgIpc) is 3.35. The van der Waals surface area contributed by atoms with Crippen molar-refractivity contribution in [3.8, 4) is 0 Å². The lowest BCUT2D eigenvalue weighted by Gasteiger charge is -2.29. The minimum absolute atomic E-state index is 0.0485. The van der Waals surface area contributed by atoms with Crippen LogP contribution in [-0.2, 0) is 0 Å². The minimum Gasteiger partial charge on any atom is -0.348 e. The molecular formula is C18H23F3N8. The summed E-state index contributed by atoms with van der Waals surface area (Å²) in [6.45, 7) is 2.34. The molecule has 0 radical (unpaired) electrons. The van der Waals surface area contributed by atoms with Crippen molar-refractivity contribution in [2.24, 2.45) is 0 Å². The molecule has 11 heteroatoms. The zero-order valence-electron chi connectivity index (χ0n) is 15.9. The van der Waals surface area contributed by atoms with Crippen molar-refractivity contribution in [3.05, 3.63) is 17.6 Å². The van der Waals surface area contributed by atoms with Gasteiger partial charge in [-0.1, -0.05) is 0 Å². The Morgan fingerprint density at radius 2 is 1.90 bits per heavy atom. The SMILES string of the molecule is Fc1c(Nc2cc(C3CC3)[nH]n2)nc(N2CCNCC2)nc1N1CCC(F)(F)C1. The lowest BCUT2D eigenvalue weighted by molar-refractivity contribution is 0.0256. The molecule has 3 fully saturated rings. The normalized spacial score (nSPS) is 21.6. The van der Waals surface area contributed by atoms with E-state index in [1.165, 1.54) is 4.90 Å². The Bertz CT molecular complexity index is 891. The molecule has 1 saturated carbocycles. The van der Waals surface area contributed by atoms with Gasteiger partial charge in [0.05, 0.1) is 6.54 Å². The number of alkyl halides is 2. The number of piperazine rings is 1. The standard InChI is InChI=1S/C18H23F3N8/c19-14-15(23-13-9-12(26-27-13)11-1-2-11)24-17(28-7-4-22-5-8-28)25-16(14)29-6-3-18(20,21)10-29/h9,11,22H,1-8,10H2,(H2,23,24,25,26,27). The highest BCUT2D eigenvalue weighted by Crippen LogP contribution is 2.40. The number of H-pyrrole nitrogens is 1. The number of hydrogen-bond donors (Lipinski definition) is 3. The molecule has 2 aromatic rings. The van der Waals surface area contributed by atoms with E-state index in [1.54, 1.807) is 0 Å². The molecule has 29 heavy (non-hydrogen) atoms. The Kier molecular flexibility index (Phi) is 4.49. The molecule has 0 aromatic carbocycles. The van der Waals surface area contributed by atoms with Crippen molar-refractivity contribution in [1.29, 1.82) is 0 Å². The predicted molar refractivity (Wildman–Crippen MR) is 103 cm³/mol. The highest BCUT2D eigenvalue weighted by Gasteiger charge is 2.40. The zero-order valence-corrected chi connectivity index (χ0v) is 15.9. The van der Waals surface area contributed by atoms with E-state index in [1.807, 2.05) is 11.0 Å². The van der Waals surface area contributed by atoms with Crippen LogP contribution < -0.4 is 20.4 Å². The fourth-order valence-electron chi connectivity index (χ4n) is 3.76. The van der Waals surface area contributed by atoms with Gasteiger partial charge in [0.15, 0.2) is 17.5 Å². The summed E-state index contributed by atoms with van der Waals surface area (Å²) in [7, 11) is 0. The molecule has 3 aliphatic rings. The van der Waals surface area contributed by atoms with E-state index in [-0.39, 0.29) is 24.6 Å². The molecule has 0 bridgehead atoms. The molecule has 1 aliphatic carbocycles. The number of halogens is 3. The van der Waals surface area contributed by atoms with Crippen LogP contribution in [0.1, 0.15) is 30.9 Å². The maximum absolute atomic E-state index is 15.2. The monoisotopic (exact) mass is 408 g/mol. The van der Waals surface area contributed by atoms with Crippen LogP contribution in [-0.4, -0.2) is 65.4 Å². The van der Waals surface area contributed by atoms with Crippen molar-refractivity contribution >= 4 is 23.4 Å². The van der Waals surface area contributed by atoms with Gasteiger partial charge in [0.25, 0.3) is 5.92 Å². The number of anilines is 4. The average molecular weight is 408 g/mol. The first-order valence-corrected chi connectivity index (χ1v) is 9.97. The maximum Gasteiger partial charge on any atom is 0.266 e. The second-order valence-corrected chi connectivity index (χ2v) is 7.88. The summed E-state index contributed by atoms with van der Waals surface area (Å²) in [5, 5.41) is 13.3. The van der Waals surface area contributed by atoms with Crippen molar-refractivity contribution < 1.29 is 13.2 Å². The van der Waals surface area contributed by atoms with Crippen molar-refractivity contribution in [2.75, 3.05) is 54.4 Å². The lowest BCUT2D eigenvalue weighted by Crippen LogP contribution is -2.44. The van der Waals surface area contributed by atoms with Crippen LogP contribution in [0.4, 0.5) is 36.6 Å². The van der Waals surface area contributed by atoms with Crippen LogP contribution in [0, 0.1) is 5.82 Å². The summed E-state index contributed by atoms with van der Waals surface area (Å²) >= 11 is 0. The molecular weight excluding hydrogens is 385 g/mol. The van der Waals surface area contributed by atoms with Gasteiger partial charge in [-0.2, -0.15) is 19.5 Å². The number of nitrogens with zero attached hydrogens (tertiary/aromatic N) is 5. The van der Waals surface area contributed by atoms with E-state index >= 15 is 4.39 Å². The summed E-state index contributed by atoms with van der Waals surface area (Å²) < 4.78 is 42.7. The molecule has 2 aliphatic heterocycles. The number of nitrogens with one attached hydrogen (secondary N) is 3. The van der Waals surface area contributed by atoms with Crippen LogP contribution in [0.3, 0.4) is 0 Å². The first kappa shape index (κ1) is 18.5. The fraction of sp³-hybridized carbons (Fsp3) is 0.611. The van der Waals surface area contributed by atoms with E-state index in [0.29, 0.717) is 30.8 Å². The summed E-state index contributed by atoms with van der Waals surface area (Å²) in [6, 6.07) is 1.84. The van der Waals surface area contributed by atoms with Gasteiger partial charge in [0, 0.05) is 56.8 Å². The Morgan fingerprint density at radius 1 is 1.10 bits per heavy atom. The second-order valence-electron chi connectivity index (χ2n) is 7.88. The number of aromatic nitrogens is 4. The van der Waals surface area contributed by atoms with Gasteiger partial charge in [-0.15, -0.1) is 0 Å². The Morgan fingerprint density at radius 3 is 2.59 bits per heavy atom. The predicted octanol–water partition coefficient (Wildman–Crippen LogP) is 2.21. The number of rotatable bonds is 5. The highest BCUT2D eigenvalue weighted by atomic mass is 19.3. The number of aromatic amines is 1. The molecule has 8 nitrogen and oxygen atoms in total. The van der Waals surface area contributed by atoms with Crippen LogP contribution in [0.2, 0.25) is 0 Å². The third-order valence-corrected chi connectivity index (χ3v) is 5.55. The quantitative estimate of drug-likeness (QED) is 0.700. The largest absolute Gasteiger partial charge is 0.348 e. The van der Waals surface area contributed by atoms with Gasteiger partial charge >= 0.3 is 0 Å². The van der Waals surface area contributed by atoms with E-state index in [2.05, 4.69) is 30.8 Å². The molecule has 3 N–H and O–H groups in total. The highest BCUT2D eigenvalue weighted by molar-refractivity contribution is 5.62. The zero-order chi connectivity index (χ0) is 20.0. The Balaban J connectivity index is 1.48. The molecule has 0 amide bonds. The number of hydrogen-bond acceptors (Lipinski definition) is 7. The van der Waals surface area contributed by atoms with Crippen LogP contribution in [0.5, 0.6) is 0 Å². The minimum atomic E-state index is -2.85. The third-order valence-electron chi connectivity index (χ3n) is 5.55. The maximum atomic E-state index is 15.2. The second kappa shape index (κ2) is 7.05. The topological polar surface area (TPSA) is 85.0 Å². The summed E-state index contributed by atoms with van der Waals surface area (Å²) in [6.07, 6.45) is 1.92.